The average Bonchev–Trinajstić information content (AvgIpc) is 2.87. The van der Waals surface area contributed by atoms with E-state index in [1.807, 2.05) is 19.3 Å². The highest BCUT2D eigenvalue weighted by atomic mass is 14.7. The quantitative estimate of drug-likeness (QED) is 0.722. The Hall–Kier alpha value is -0.890. The first-order valence-corrected chi connectivity index (χ1v) is 4.48. The van der Waals surface area contributed by atoms with E-state index in [0.717, 1.165) is 5.92 Å². The van der Waals surface area contributed by atoms with Crippen molar-refractivity contribution in [1.29, 1.82) is 0 Å². The number of hydrogen-bond donors (Lipinski definition) is 1. The number of rotatable bonds is 2. The first kappa shape index (κ1) is 7.74. The van der Waals surface area contributed by atoms with Crippen LogP contribution in [0.1, 0.15) is 42.9 Å². The van der Waals surface area contributed by atoms with Crippen LogP contribution in [0.5, 0.6) is 0 Å². The van der Waals surface area contributed by atoms with Gasteiger partial charge in [-0.3, -0.25) is 4.98 Å². The Bertz CT molecular complexity index is 256. The molecule has 1 fully saturated rings. The molecule has 1 aromatic rings. The molecule has 1 atom stereocenters. The van der Waals surface area contributed by atoms with Crippen LogP contribution in [0, 0.1) is 0 Å². The monoisotopic (exact) mass is 162 g/mol. The summed E-state index contributed by atoms with van der Waals surface area (Å²) in [6, 6.07) is 2.23. The van der Waals surface area contributed by atoms with E-state index in [0.29, 0.717) is 0 Å². The molecular formula is C10H14N2. The molecule has 0 saturated heterocycles. The molecule has 2 nitrogen and oxygen atoms in total. The third-order valence-corrected chi connectivity index (χ3v) is 2.39. The van der Waals surface area contributed by atoms with Crippen molar-refractivity contribution in [1.82, 2.24) is 4.98 Å². The minimum absolute atomic E-state index is 0.120. The molecule has 2 heteroatoms. The van der Waals surface area contributed by atoms with Crippen molar-refractivity contribution in [3.05, 3.63) is 29.6 Å². The fourth-order valence-electron chi connectivity index (χ4n) is 1.56. The number of pyridine rings is 1. The van der Waals surface area contributed by atoms with Gasteiger partial charge in [-0.1, -0.05) is 0 Å². The van der Waals surface area contributed by atoms with Crippen LogP contribution in [-0.4, -0.2) is 4.98 Å². The van der Waals surface area contributed by atoms with E-state index < -0.39 is 0 Å². The standard InChI is InChI=1S/C10H14N2/c1-7(11)10-6-12-5-4-9(10)8-2-3-8/h4-8H,2-3,11H2,1H3. The molecule has 12 heavy (non-hydrogen) atoms. The van der Waals surface area contributed by atoms with Crippen LogP contribution < -0.4 is 5.73 Å². The molecule has 0 aliphatic heterocycles. The van der Waals surface area contributed by atoms with E-state index in [1.165, 1.54) is 24.0 Å². The molecule has 0 aromatic carbocycles. The summed E-state index contributed by atoms with van der Waals surface area (Å²) in [5.74, 6) is 0.772. The van der Waals surface area contributed by atoms with E-state index in [4.69, 9.17) is 5.73 Å². The van der Waals surface area contributed by atoms with Crippen LogP contribution in [0.25, 0.3) is 0 Å². The van der Waals surface area contributed by atoms with Gasteiger partial charge in [0.05, 0.1) is 0 Å². The highest BCUT2D eigenvalue weighted by molar-refractivity contribution is 5.32. The summed E-state index contributed by atoms with van der Waals surface area (Å²) in [5.41, 5.74) is 8.48. The zero-order valence-electron chi connectivity index (χ0n) is 7.33. The van der Waals surface area contributed by atoms with Gasteiger partial charge in [-0.2, -0.15) is 0 Å². The van der Waals surface area contributed by atoms with Crippen molar-refractivity contribution in [3.63, 3.8) is 0 Å². The van der Waals surface area contributed by atoms with Gasteiger partial charge in [0.15, 0.2) is 0 Å². The first-order chi connectivity index (χ1) is 5.79. The molecule has 2 N–H and O–H groups in total. The van der Waals surface area contributed by atoms with Gasteiger partial charge in [0.25, 0.3) is 0 Å². The third-order valence-electron chi connectivity index (χ3n) is 2.39. The van der Waals surface area contributed by atoms with Crippen LogP contribution in [0.4, 0.5) is 0 Å². The lowest BCUT2D eigenvalue weighted by molar-refractivity contribution is 0.792. The highest BCUT2D eigenvalue weighted by Crippen LogP contribution is 2.42. The molecular weight excluding hydrogens is 148 g/mol. The molecule has 1 aromatic heterocycles. The van der Waals surface area contributed by atoms with Gasteiger partial charge in [0, 0.05) is 18.4 Å². The highest BCUT2D eigenvalue weighted by Gasteiger charge is 2.26. The summed E-state index contributed by atoms with van der Waals surface area (Å²) >= 11 is 0. The zero-order valence-corrected chi connectivity index (χ0v) is 7.33. The van der Waals surface area contributed by atoms with E-state index in [9.17, 15) is 0 Å². The number of aromatic nitrogens is 1. The summed E-state index contributed by atoms with van der Waals surface area (Å²) in [6.07, 6.45) is 6.41. The first-order valence-electron chi connectivity index (χ1n) is 4.48. The average molecular weight is 162 g/mol. The van der Waals surface area contributed by atoms with Crippen molar-refractivity contribution in [2.24, 2.45) is 5.73 Å². The largest absolute Gasteiger partial charge is 0.324 e. The SMILES string of the molecule is CC(N)c1cnccc1C1CC1. The Kier molecular flexibility index (Phi) is 1.85. The van der Waals surface area contributed by atoms with Gasteiger partial charge in [-0.15, -0.1) is 0 Å². The lowest BCUT2D eigenvalue weighted by atomic mass is 10.0. The minimum atomic E-state index is 0.120. The maximum atomic E-state index is 5.84. The second-order valence-corrected chi connectivity index (χ2v) is 3.57. The summed E-state index contributed by atoms with van der Waals surface area (Å²) in [5, 5.41) is 0. The minimum Gasteiger partial charge on any atom is -0.324 e. The van der Waals surface area contributed by atoms with Crippen molar-refractivity contribution in [2.75, 3.05) is 0 Å². The van der Waals surface area contributed by atoms with Gasteiger partial charge in [-0.05, 0) is 42.9 Å². The van der Waals surface area contributed by atoms with Crippen molar-refractivity contribution < 1.29 is 0 Å². The molecule has 1 saturated carbocycles. The molecule has 0 spiro atoms. The maximum absolute atomic E-state index is 5.84. The van der Waals surface area contributed by atoms with Crippen LogP contribution in [-0.2, 0) is 0 Å². The van der Waals surface area contributed by atoms with Gasteiger partial charge in [0.2, 0.25) is 0 Å². The Balaban J connectivity index is 2.36. The second-order valence-electron chi connectivity index (χ2n) is 3.57. The Morgan fingerprint density at radius 3 is 2.92 bits per heavy atom. The number of nitrogens with two attached hydrogens (primary N) is 1. The van der Waals surface area contributed by atoms with Crippen LogP contribution in [0.15, 0.2) is 18.5 Å². The van der Waals surface area contributed by atoms with E-state index >= 15 is 0 Å². The summed E-state index contributed by atoms with van der Waals surface area (Å²) in [6.45, 7) is 2.02. The number of nitrogens with zero attached hydrogens (tertiary/aromatic N) is 1. The third kappa shape index (κ3) is 1.34. The van der Waals surface area contributed by atoms with E-state index in [1.54, 1.807) is 0 Å². The smallest absolute Gasteiger partial charge is 0.0318 e. The van der Waals surface area contributed by atoms with Crippen molar-refractivity contribution in [2.45, 2.75) is 31.7 Å². The molecule has 1 unspecified atom stereocenters. The molecule has 0 bridgehead atoms. The van der Waals surface area contributed by atoms with Crippen LogP contribution >= 0.6 is 0 Å². The lowest BCUT2D eigenvalue weighted by Gasteiger charge is -2.10. The zero-order chi connectivity index (χ0) is 8.55. The molecule has 0 radical (unpaired) electrons. The molecule has 1 heterocycles. The van der Waals surface area contributed by atoms with Crippen molar-refractivity contribution >= 4 is 0 Å². The van der Waals surface area contributed by atoms with Crippen molar-refractivity contribution in [3.8, 4) is 0 Å². The summed E-state index contributed by atoms with van der Waals surface area (Å²) < 4.78 is 0. The topological polar surface area (TPSA) is 38.9 Å². The summed E-state index contributed by atoms with van der Waals surface area (Å²) in [4.78, 5) is 4.10. The Morgan fingerprint density at radius 2 is 2.33 bits per heavy atom. The molecule has 1 aliphatic carbocycles. The second kappa shape index (κ2) is 2.87. The molecule has 64 valence electrons. The van der Waals surface area contributed by atoms with Gasteiger partial charge >= 0.3 is 0 Å². The summed E-state index contributed by atoms with van der Waals surface area (Å²) in [7, 11) is 0. The molecule has 0 amide bonds. The Morgan fingerprint density at radius 1 is 1.58 bits per heavy atom. The maximum Gasteiger partial charge on any atom is 0.0318 e. The predicted molar refractivity (Wildman–Crippen MR) is 48.8 cm³/mol. The fraction of sp³-hybridized carbons (Fsp3) is 0.500. The molecule has 1 aliphatic rings. The lowest BCUT2D eigenvalue weighted by Crippen LogP contribution is -2.08. The Labute approximate surface area is 72.8 Å². The van der Waals surface area contributed by atoms with E-state index in [-0.39, 0.29) is 6.04 Å². The van der Waals surface area contributed by atoms with Crippen LogP contribution in [0.3, 0.4) is 0 Å². The van der Waals surface area contributed by atoms with Gasteiger partial charge in [0.1, 0.15) is 0 Å². The predicted octanol–water partition coefficient (Wildman–Crippen LogP) is 1.98. The van der Waals surface area contributed by atoms with Crippen LogP contribution in [0.2, 0.25) is 0 Å². The van der Waals surface area contributed by atoms with E-state index in [2.05, 4.69) is 11.1 Å². The van der Waals surface area contributed by atoms with Gasteiger partial charge in [-0.25, -0.2) is 0 Å². The number of hydrogen-bond acceptors (Lipinski definition) is 2. The fourth-order valence-corrected chi connectivity index (χ4v) is 1.56. The van der Waals surface area contributed by atoms with Gasteiger partial charge < -0.3 is 5.73 Å². The molecule has 2 rings (SSSR count). The normalized spacial score (nSPS) is 19.2.